The van der Waals surface area contributed by atoms with Crippen molar-refractivity contribution in [3.05, 3.63) is 53.8 Å². The zero-order chi connectivity index (χ0) is 15.5. The Balaban J connectivity index is 1.77. The molecule has 1 aromatic heterocycles. The molecule has 0 fully saturated rings. The van der Waals surface area contributed by atoms with Gasteiger partial charge >= 0.3 is 0 Å². The smallest absolute Gasteiger partial charge is 0.183 e. The Bertz CT molecular complexity index is 900. The number of hydrogen-bond donors (Lipinski definition) is 2. The molecule has 22 heavy (non-hydrogen) atoms. The zero-order valence-electron chi connectivity index (χ0n) is 11.1. The summed E-state index contributed by atoms with van der Waals surface area (Å²) in [7, 11) is 0. The van der Waals surface area contributed by atoms with Crippen molar-refractivity contribution >= 4 is 39.8 Å². The number of benzene rings is 2. The number of thiocarbonyl (C=S) groups is 1. The number of halogens is 1. The highest BCUT2D eigenvalue weighted by Crippen LogP contribution is 2.23. The summed E-state index contributed by atoms with van der Waals surface area (Å²) in [5.41, 5.74) is 1.53. The lowest BCUT2D eigenvalue weighted by atomic mass is 10.2. The molecule has 0 spiro atoms. The van der Waals surface area contributed by atoms with Crippen molar-refractivity contribution in [3.8, 4) is 6.07 Å². The minimum absolute atomic E-state index is 0.287. The summed E-state index contributed by atoms with van der Waals surface area (Å²) >= 11 is 5.19. The number of hydrogen-bond acceptors (Lipinski definition) is 4. The van der Waals surface area contributed by atoms with Gasteiger partial charge in [-0.15, -0.1) is 0 Å². The predicted molar refractivity (Wildman–Crippen MR) is 85.0 cm³/mol. The molecule has 1 heterocycles. The first-order valence-electron chi connectivity index (χ1n) is 6.29. The molecule has 0 unspecified atom stereocenters. The molecule has 3 rings (SSSR count). The molecule has 0 aliphatic carbocycles. The van der Waals surface area contributed by atoms with Crippen LogP contribution < -0.4 is 10.6 Å². The van der Waals surface area contributed by atoms with Gasteiger partial charge < -0.3 is 15.2 Å². The average molecular weight is 312 g/mol. The lowest BCUT2D eigenvalue weighted by molar-refractivity contribution is 0.458. The fraction of sp³-hybridized carbons (Fsp3) is 0. The molecule has 0 aliphatic heterocycles. The van der Waals surface area contributed by atoms with Crippen LogP contribution >= 0.6 is 12.2 Å². The van der Waals surface area contributed by atoms with Crippen LogP contribution in [0.3, 0.4) is 0 Å². The van der Waals surface area contributed by atoms with Crippen molar-refractivity contribution in [1.82, 2.24) is 5.16 Å². The number of nitrogens with one attached hydrogen (secondary N) is 2. The van der Waals surface area contributed by atoms with Crippen LogP contribution in [-0.2, 0) is 0 Å². The molecule has 7 heteroatoms. The van der Waals surface area contributed by atoms with Crippen LogP contribution in [0.5, 0.6) is 0 Å². The predicted octanol–water partition coefficient (Wildman–Crippen LogP) is 3.65. The van der Waals surface area contributed by atoms with E-state index in [1.165, 1.54) is 12.1 Å². The zero-order valence-corrected chi connectivity index (χ0v) is 11.9. The van der Waals surface area contributed by atoms with Gasteiger partial charge in [-0.3, -0.25) is 0 Å². The minimum atomic E-state index is -0.399. The van der Waals surface area contributed by atoms with E-state index in [4.69, 9.17) is 22.0 Å². The quantitative estimate of drug-likeness (QED) is 0.704. The Hall–Kier alpha value is -2.98. The summed E-state index contributed by atoms with van der Waals surface area (Å²) < 4.78 is 18.1. The molecule has 3 aromatic rings. The van der Waals surface area contributed by atoms with Crippen LogP contribution in [0.4, 0.5) is 15.9 Å². The van der Waals surface area contributed by atoms with E-state index in [9.17, 15) is 4.39 Å². The maximum absolute atomic E-state index is 13.1. The Morgan fingerprint density at radius 1 is 1.23 bits per heavy atom. The van der Waals surface area contributed by atoms with Crippen molar-refractivity contribution in [1.29, 1.82) is 5.26 Å². The lowest BCUT2D eigenvalue weighted by Gasteiger charge is -2.08. The average Bonchev–Trinajstić information content (AvgIpc) is 2.89. The Morgan fingerprint density at radius 3 is 2.91 bits per heavy atom. The second kappa shape index (κ2) is 5.79. The topological polar surface area (TPSA) is 73.9 Å². The molecule has 0 amide bonds. The van der Waals surface area contributed by atoms with Gasteiger partial charge in [-0.25, -0.2) is 4.39 Å². The molecule has 0 saturated heterocycles. The van der Waals surface area contributed by atoms with Crippen molar-refractivity contribution in [2.24, 2.45) is 0 Å². The second-order valence-corrected chi connectivity index (χ2v) is 4.85. The molecular formula is C15H9FN4OS. The minimum Gasteiger partial charge on any atom is -0.354 e. The van der Waals surface area contributed by atoms with Crippen LogP contribution in [0.25, 0.3) is 11.0 Å². The Kier molecular flexibility index (Phi) is 3.68. The van der Waals surface area contributed by atoms with Crippen molar-refractivity contribution in [2.45, 2.75) is 0 Å². The van der Waals surface area contributed by atoms with Crippen LogP contribution in [0.15, 0.2) is 47.0 Å². The van der Waals surface area contributed by atoms with Gasteiger partial charge in [-0.1, -0.05) is 11.2 Å². The number of rotatable bonds is 2. The molecule has 5 nitrogen and oxygen atoms in total. The maximum atomic E-state index is 13.1. The Morgan fingerprint density at radius 2 is 2.09 bits per heavy atom. The highest BCUT2D eigenvalue weighted by molar-refractivity contribution is 7.80. The fourth-order valence-corrected chi connectivity index (χ4v) is 2.15. The van der Waals surface area contributed by atoms with E-state index < -0.39 is 5.82 Å². The third-order valence-corrected chi connectivity index (χ3v) is 3.12. The van der Waals surface area contributed by atoms with Gasteiger partial charge in [0.2, 0.25) is 0 Å². The highest BCUT2D eigenvalue weighted by Gasteiger charge is 2.10. The summed E-state index contributed by atoms with van der Waals surface area (Å²) in [6, 6.07) is 13.1. The molecule has 0 aliphatic rings. The van der Waals surface area contributed by atoms with Gasteiger partial charge in [-0.2, -0.15) is 5.26 Å². The molecule has 2 N–H and O–H groups in total. The van der Waals surface area contributed by atoms with Gasteiger partial charge in [0, 0.05) is 11.8 Å². The van der Waals surface area contributed by atoms with E-state index in [1.807, 2.05) is 6.07 Å². The number of aromatic nitrogens is 1. The fourth-order valence-electron chi connectivity index (χ4n) is 1.94. The first-order valence-corrected chi connectivity index (χ1v) is 6.69. The van der Waals surface area contributed by atoms with Crippen molar-refractivity contribution in [2.75, 3.05) is 10.6 Å². The van der Waals surface area contributed by atoms with Crippen LogP contribution in [0, 0.1) is 17.1 Å². The number of fused-ring (bicyclic) bond motifs is 1. The van der Waals surface area contributed by atoms with E-state index in [-0.39, 0.29) is 5.11 Å². The summed E-state index contributed by atoms with van der Waals surface area (Å²) in [6.07, 6.45) is 0. The van der Waals surface area contributed by atoms with Crippen molar-refractivity contribution < 1.29 is 8.91 Å². The lowest BCUT2D eigenvalue weighted by Crippen LogP contribution is -2.19. The second-order valence-electron chi connectivity index (χ2n) is 4.44. The molecule has 108 valence electrons. The molecule has 2 aromatic carbocycles. The van der Waals surface area contributed by atoms with Gasteiger partial charge in [0.05, 0.1) is 17.0 Å². The normalized spacial score (nSPS) is 10.2. The largest absolute Gasteiger partial charge is 0.354 e. The van der Waals surface area contributed by atoms with E-state index in [1.54, 1.807) is 30.3 Å². The van der Waals surface area contributed by atoms with Gasteiger partial charge in [0.1, 0.15) is 5.82 Å². The number of anilines is 2. The summed E-state index contributed by atoms with van der Waals surface area (Å²) in [5.74, 6) is -0.00634. The van der Waals surface area contributed by atoms with E-state index in [0.717, 1.165) is 0 Å². The third kappa shape index (κ3) is 2.87. The molecule has 0 bridgehead atoms. The summed E-state index contributed by atoms with van der Waals surface area (Å²) in [4.78, 5) is 0. The maximum Gasteiger partial charge on any atom is 0.183 e. The third-order valence-electron chi connectivity index (χ3n) is 2.92. The monoisotopic (exact) mass is 312 g/mol. The molecule has 0 atom stereocenters. The van der Waals surface area contributed by atoms with Crippen LogP contribution in [0.2, 0.25) is 0 Å². The SMILES string of the molecule is N#Cc1cccc(NC(=S)Nc2noc3cc(F)ccc23)c1. The first-order chi connectivity index (χ1) is 10.7. The van der Waals surface area contributed by atoms with Gasteiger partial charge in [0.15, 0.2) is 16.5 Å². The van der Waals surface area contributed by atoms with E-state index in [0.29, 0.717) is 28.0 Å². The molecular weight excluding hydrogens is 303 g/mol. The number of nitriles is 1. The van der Waals surface area contributed by atoms with Gasteiger partial charge in [-0.05, 0) is 42.5 Å². The van der Waals surface area contributed by atoms with Crippen LogP contribution in [-0.4, -0.2) is 10.3 Å². The molecule has 0 radical (unpaired) electrons. The van der Waals surface area contributed by atoms with E-state index >= 15 is 0 Å². The molecule has 0 saturated carbocycles. The summed E-state index contributed by atoms with van der Waals surface area (Å²) in [5, 5.41) is 19.4. The summed E-state index contributed by atoms with van der Waals surface area (Å²) in [6.45, 7) is 0. The van der Waals surface area contributed by atoms with Crippen molar-refractivity contribution in [3.63, 3.8) is 0 Å². The highest BCUT2D eigenvalue weighted by atomic mass is 32.1. The van der Waals surface area contributed by atoms with E-state index in [2.05, 4.69) is 15.8 Å². The van der Waals surface area contributed by atoms with Crippen LogP contribution in [0.1, 0.15) is 5.56 Å². The Labute approximate surface area is 130 Å². The number of nitrogens with zero attached hydrogens (tertiary/aromatic N) is 2. The standard InChI is InChI=1S/C15H9FN4OS/c16-10-4-5-12-13(7-10)21-20-14(12)19-15(22)18-11-3-1-2-9(6-11)8-17/h1-7H,(H2,18,19,20,22). The van der Waals surface area contributed by atoms with Gasteiger partial charge in [0.25, 0.3) is 0 Å². The first kappa shape index (κ1) is 14.0.